The smallest absolute Gasteiger partial charge is 0.0540 e. The molecule has 0 aromatic heterocycles. The summed E-state index contributed by atoms with van der Waals surface area (Å²) in [7, 11) is 0. The number of fused-ring (bicyclic) bond motifs is 3. The first-order valence-corrected chi connectivity index (χ1v) is 17.6. The minimum atomic E-state index is 0.183. The molecule has 0 unspecified atom stereocenters. The molecule has 47 heavy (non-hydrogen) atoms. The summed E-state index contributed by atoms with van der Waals surface area (Å²) in [5.74, 6) is 3.43. The summed E-state index contributed by atoms with van der Waals surface area (Å²) in [6, 6.07) is 56.6. The second-order valence-corrected chi connectivity index (χ2v) is 14.6. The van der Waals surface area contributed by atoms with Gasteiger partial charge >= 0.3 is 0 Å². The summed E-state index contributed by atoms with van der Waals surface area (Å²) >= 11 is 0. The highest BCUT2D eigenvalue weighted by atomic mass is 15.1. The van der Waals surface area contributed by atoms with E-state index in [0.717, 1.165) is 23.7 Å². The van der Waals surface area contributed by atoms with Gasteiger partial charge in [-0.15, -0.1) is 0 Å². The van der Waals surface area contributed by atoms with Crippen LogP contribution in [0.15, 0.2) is 152 Å². The molecule has 228 valence electrons. The summed E-state index contributed by atoms with van der Waals surface area (Å²) in [6.45, 7) is 0. The summed E-state index contributed by atoms with van der Waals surface area (Å²) in [5, 5.41) is 0. The highest BCUT2D eigenvalue weighted by Crippen LogP contribution is 2.69. The predicted octanol–water partition coefficient (Wildman–Crippen LogP) is 12.2. The number of rotatable bonds is 5. The van der Waals surface area contributed by atoms with Gasteiger partial charge in [0.25, 0.3) is 0 Å². The van der Waals surface area contributed by atoms with Gasteiger partial charge in [0.15, 0.2) is 0 Å². The number of hydrogen-bond acceptors (Lipinski definition) is 1. The molecule has 1 heteroatoms. The van der Waals surface area contributed by atoms with Crippen molar-refractivity contribution in [2.24, 2.45) is 23.7 Å². The fourth-order valence-electron chi connectivity index (χ4n) is 10.7. The van der Waals surface area contributed by atoms with Crippen molar-refractivity contribution in [1.29, 1.82) is 0 Å². The molecule has 1 spiro atoms. The molecule has 5 aliphatic rings. The number of para-hydroxylation sites is 1. The Kier molecular flexibility index (Phi) is 6.13. The number of anilines is 3. The molecule has 0 aliphatic heterocycles. The third-order valence-electron chi connectivity index (χ3n) is 12.2. The molecule has 0 N–H and O–H groups in total. The van der Waals surface area contributed by atoms with Crippen LogP contribution < -0.4 is 4.90 Å². The Morgan fingerprint density at radius 2 is 1.00 bits per heavy atom. The van der Waals surface area contributed by atoms with Crippen molar-refractivity contribution in [2.45, 2.75) is 37.5 Å². The van der Waals surface area contributed by atoms with Crippen molar-refractivity contribution in [1.82, 2.24) is 0 Å². The molecule has 6 aromatic carbocycles. The van der Waals surface area contributed by atoms with Crippen molar-refractivity contribution >= 4 is 17.1 Å². The predicted molar refractivity (Wildman–Crippen MR) is 195 cm³/mol. The fraction of sp³-hybridized carbons (Fsp3) is 0.217. The molecule has 11 rings (SSSR count). The first-order valence-electron chi connectivity index (χ1n) is 17.6. The normalized spacial score (nSPS) is 24.7. The second kappa shape index (κ2) is 10.6. The van der Waals surface area contributed by atoms with Gasteiger partial charge in [0.05, 0.1) is 5.69 Å². The third-order valence-corrected chi connectivity index (χ3v) is 12.2. The van der Waals surface area contributed by atoms with Crippen LogP contribution in [0.1, 0.15) is 43.2 Å². The van der Waals surface area contributed by atoms with E-state index in [9.17, 15) is 0 Å². The zero-order chi connectivity index (χ0) is 31.0. The van der Waals surface area contributed by atoms with Crippen LogP contribution >= 0.6 is 0 Å². The van der Waals surface area contributed by atoms with Gasteiger partial charge in [-0.05, 0) is 131 Å². The number of nitrogens with zero attached hydrogens (tertiary/aromatic N) is 1. The van der Waals surface area contributed by atoms with Crippen molar-refractivity contribution in [2.75, 3.05) is 4.90 Å². The zero-order valence-corrected chi connectivity index (χ0v) is 26.7. The quantitative estimate of drug-likeness (QED) is 0.189. The van der Waals surface area contributed by atoms with Gasteiger partial charge in [-0.25, -0.2) is 0 Å². The Morgan fingerprint density at radius 3 is 1.70 bits per heavy atom. The van der Waals surface area contributed by atoms with E-state index in [1.54, 1.807) is 11.1 Å². The SMILES string of the molecule is c1ccc(-c2ccc(N(c3ccccc3)c3ccc4c(c3)-c3ccccc3C43C4CC5CC(C4)CC3C5)c(-c3ccccc3)c2)cc1. The summed E-state index contributed by atoms with van der Waals surface area (Å²) in [5.41, 5.74) is 14.8. The molecule has 0 heterocycles. The molecule has 6 aromatic rings. The summed E-state index contributed by atoms with van der Waals surface area (Å²) in [6.07, 6.45) is 7.12. The molecule has 0 saturated heterocycles. The van der Waals surface area contributed by atoms with Gasteiger partial charge in [-0.2, -0.15) is 0 Å². The van der Waals surface area contributed by atoms with Crippen molar-refractivity contribution in [3.05, 3.63) is 163 Å². The van der Waals surface area contributed by atoms with E-state index >= 15 is 0 Å². The maximum atomic E-state index is 2.55. The van der Waals surface area contributed by atoms with Gasteiger partial charge in [0.2, 0.25) is 0 Å². The highest BCUT2D eigenvalue weighted by Gasteiger charge is 2.61. The molecule has 0 amide bonds. The van der Waals surface area contributed by atoms with E-state index in [2.05, 4.69) is 157 Å². The average molecular weight is 606 g/mol. The lowest BCUT2D eigenvalue weighted by Gasteiger charge is -2.61. The lowest BCUT2D eigenvalue weighted by molar-refractivity contribution is -0.0399. The van der Waals surface area contributed by atoms with E-state index in [0.29, 0.717) is 0 Å². The van der Waals surface area contributed by atoms with Crippen LogP contribution in [0.3, 0.4) is 0 Å². The lowest BCUT2D eigenvalue weighted by atomic mass is 9.43. The van der Waals surface area contributed by atoms with E-state index < -0.39 is 0 Å². The van der Waals surface area contributed by atoms with Crippen molar-refractivity contribution in [3.63, 3.8) is 0 Å². The zero-order valence-electron chi connectivity index (χ0n) is 26.7. The summed E-state index contributed by atoms with van der Waals surface area (Å²) < 4.78 is 0. The Hall–Kier alpha value is -4.88. The van der Waals surface area contributed by atoms with E-state index in [-0.39, 0.29) is 5.41 Å². The standard InChI is InChI=1S/C46H39N/c1-4-12-33(13-5-1)35-20-23-45(41(29-35)34-14-6-2-7-15-34)47(38-16-8-3-9-17-38)39-21-22-44-42(30-39)40-18-10-11-19-43(40)46(44)36-25-31-24-32(27-36)28-37(46)26-31/h1-23,29-32,36-37H,24-28H2. The van der Waals surface area contributed by atoms with Crippen LogP contribution in [0.2, 0.25) is 0 Å². The van der Waals surface area contributed by atoms with Crippen LogP contribution in [-0.4, -0.2) is 0 Å². The number of hydrogen-bond donors (Lipinski definition) is 0. The van der Waals surface area contributed by atoms with E-state index in [1.165, 1.54) is 82.5 Å². The van der Waals surface area contributed by atoms with Crippen LogP contribution in [0, 0.1) is 23.7 Å². The number of benzene rings is 6. The molecule has 5 aliphatic carbocycles. The lowest BCUT2D eigenvalue weighted by Crippen LogP contribution is -2.55. The Balaban J connectivity index is 1.18. The monoisotopic (exact) mass is 605 g/mol. The Morgan fingerprint density at radius 1 is 0.404 bits per heavy atom. The van der Waals surface area contributed by atoms with Crippen LogP contribution in [0.25, 0.3) is 33.4 Å². The van der Waals surface area contributed by atoms with Gasteiger partial charge < -0.3 is 4.90 Å². The molecule has 4 fully saturated rings. The van der Waals surface area contributed by atoms with Crippen molar-refractivity contribution in [3.8, 4) is 33.4 Å². The maximum Gasteiger partial charge on any atom is 0.0540 e. The highest BCUT2D eigenvalue weighted by molar-refractivity contribution is 5.93. The first kappa shape index (κ1) is 27.3. The Labute approximate surface area is 278 Å². The van der Waals surface area contributed by atoms with E-state index in [4.69, 9.17) is 0 Å². The van der Waals surface area contributed by atoms with Crippen LogP contribution in [-0.2, 0) is 5.41 Å². The largest absolute Gasteiger partial charge is 0.310 e. The third kappa shape index (κ3) is 4.08. The van der Waals surface area contributed by atoms with Gasteiger partial charge in [0, 0.05) is 22.4 Å². The minimum absolute atomic E-state index is 0.183. The molecule has 0 atom stereocenters. The average Bonchev–Trinajstić information content (AvgIpc) is 3.42. The van der Waals surface area contributed by atoms with Gasteiger partial charge in [-0.3, -0.25) is 0 Å². The van der Waals surface area contributed by atoms with Gasteiger partial charge in [0.1, 0.15) is 0 Å². The molecule has 0 radical (unpaired) electrons. The minimum Gasteiger partial charge on any atom is -0.310 e. The van der Waals surface area contributed by atoms with Gasteiger partial charge in [-0.1, -0.05) is 115 Å². The second-order valence-electron chi connectivity index (χ2n) is 14.6. The van der Waals surface area contributed by atoms with Crippen molar-refractivity contribution < 1.29 is 0 Å². The topological polar surface area (TPSA) is 3.24 Å². The van der Waals surface area contributed by atoms with Crippen LogP contribution in [0.5, 0.6) is 0 Å². The van der Waals surface area contributed by atoms with Crippen LogP contribution in [0.4, 0.5) is 17.1 Å². The molecule has 4 saturated carbocycles. The summed E-state index contributed by atoms with van der Waals surface area (Å²) in [4.78, 5) is 2.49. The maximum absolute atomic E-state index is 2.55. The van der Waals surface area contributed by atoms with E-state index in [1.807, 2.05) is 0 Å². The first-order chi connectivity index (χ1) is 23.3. The molecule has 1 nitrogen and oxygen atoms in total. The molecular weight excluding hydrogens is 567 g/mol. The Bertz CT molecular complexity index is 2070. The molecule has 4 bridgehead atoms. The fourth-order valence-corrected chi connectivity index (χ4v) is 10.7. The molecular formula is C46H39N.